The molecule has 9 nitrogen and oxygen atoms in total. The molecule has 29 heavy (non-hydrogen) atoms. The van der Waals surface area contributed by atoms with Crippen molar-refractivity contribution in [2.45, 2.75) is 25.8 Å². The van der Waals surface area contributed by atoms with Gasteiger partial charge in [0.15, 0.2) is 0 Å². The zero-order chi connectivity index (χ0) is 20.3. The Hall–Kier alpha value is -2.39. The second-order valence-electron chi connectivity index (χ2n) is 7.33. The molecule has 0 saturated carbocycles. The Kier molecular flexibility index (Phi) is 7.80. The first-order chi connectivity index (χ1) is 13.4. The quantitative estimate of drug-likeness (QED) is 0.580. The van der Waals surface area contributed by atoms with E-state index in [2.05, 4.69) is 5.32 Å². The number of anilines is 1. The van der Waals surface area contributed by atoms with Crippen molar-refractivity contribution >= 4 is 35.6 Å². The lowest BCUT2D eigenvalue weighted by atomic mass is 10.0. The van der Waals surface area contributed by atoms with E-state index in [1.165, 1.54) is 13.0 Å². The Balaban J connectivity index is 0.00000300. The minimum atomic E-state index is -0.434. The van der Waals surface area contributed by atoms with Gasteiger partial charge in [-0.3, -0.25) is 19.7 Å². The van der Waals surface area contributed by atoms with Crippen molar-refractivity contribution in [3.8, 4) is 0 Å². The fourth-order valence-electron chi connectivity index (χ4n) is 3.91. The highest BCUT2D eigenvalue weighted by Crippen LogP contribution is 2.31. The number of piperidine rings is 1. The molecule has 2 fully saturated rings. The van der Waals surface area contributed by atoms with Gasteiger partial charge < -0.3 is 20.0 Å². The van der Waals surface area contributed by atoms with Gasteiger partial charge in [-0.2, -0.15) is 0 Å². The summed E-state index contributed by atoms with van der Waals surface area (Å²) in [5.41, 5.74) is 0.773. The van der Waals surface area contributed by atoms with Crippen LogP contribution < -0.4 is 10.2 Å². The van der Waals surface area contributed by atoms with E-state index in [9.17, 15) is 19.7 Å². The van der Waals surface area contributed by atoms with Gasteiger partial charge in [0.1, 0.15) is 5.69 Å². The van der Waals surface area contributed by atoms with E-state index in [1.807, 2.05) is 11.9 Å². The molecule has 2 aliphatic heterocycles. The molecule has 1 aromatic carbocycles. The van der Waals surface area contributed by atoms with E-state index >= 15 is 0 Å². The van der Waals surface area contributed by atoms with E-state index < -0.39 is 4.92 Å². The highest BCUT2D eigenvalue weighted by atomic mass is 35.5. The molecule has 1 N–H and O–H groups in total. The van der Waals surface area contributed by atoms with Crippen LogP contribution in [0.2, 0.25) is 0 Å². The van der Waals surface area contributed by atoms with Crippen LogP contribution in [0.5, 0.6) is 0 Å². The molecule has 0 radical (unpaired) electrons. The molecule has 0 spiro atoms. The van der Waals surface area contributed by atoms with Crippen molar-refractivity contribution < 1.29 is 14.5 Å². The van der Waals surface area contributed by atoms with Crippen LogP contribution in [-0.4, -0.2) is 78.9 Å². The van der Waals surface area contributed by atoms with Crippen LogP contribution in [-0.2, 0) is 4.79 Å². The van der Waals surface area contributed by atoms with Crippen molar-refractivity contribution in [1.29, 1.82) is 0 Å². The van der Waals surface area contributed by atoms with E-state index in [0.29, 0.717) is 50.5 Å². The number of carbonyl (C=O) groups excluding carboxylic acids is 2. The number of amides is 2. The third kappa shape index (κ3) is 5.16. The summed E-state index contributed by atoms with van der Waals surface area (Å²) < 4.78 is 0. The maximum Gasteiger partial charge on any atom is 0.293 e. The second-order valence-corrected chi connectivity index (χ2v) is 7.33. The average molecular weight is 426 g/mol. The van der Waals surface area contributed by atoms with E-state index in [0.717, 1.165) is 12.8 Å². The number of halogens is 1. The number of likely N-dealkylation sites (tertiary alicyclic amines) is 1. The monoisotopic (exact) mass is 425 g/mol. The lowest BCUT2D eigenvalue weighted by molar-refractivity contribution is -0.384. The Morgan fingerprint density at radius 2 is 1.83 bits per heavy atom. The normalized spacial score (nSPS) is 19.5. The van der Waals surface area contributed by atoms with Crippen LogP contribution in [0, 0.1) is 10.1 Å². The molecule has 2 saturated heterocycles. The molecule has 0 aromatic heterocycles. The first kappa shape index (κ1) is 22.9. The molecule has 160 valence electrons. The van der Waals surface area contributed by atoms with Gasteiger partial charge in [0, 0.05) is 63.9 Å². The van der Waals surface area contributed by atoms with Crippen molar-refractivity contribution in [3.63, 3.8) is 0 Å². The number of likely N-dealkylation sites (N-methyl/N-ethyl adjacent to an activating group) is 1. The third-order valence-electron chi connectivity index (χ3n) is 5.60. The maximum absolute atomic E-state index is 12.9. The van der Waals surface area contributed by atoms with Crippen LogP contribution >= 0.6 is 12.4 Å². The highest BCUT2D eigenvalue weighted by Gasteiger charge is 2.28. The number of benzene rings is 1. The van der Waals surface area contributed by atoms with E-state index in [1.54, 1.807) is 21.9 Å². The number of piperazine rings is 1. The Morgan fingerprint density at radius 1 is 1.14 bits per heavy atom. The van der Waals surface area contributed by atoms with Crippen molar-refractivity contribution in [3.05, 3.63) is 33.9 Å². The summed E-state index contributed by atoms with van der Waals surface area (Å²) >= 11 is 0. The summed E-state index contributed by atoms with van der Waals surface area (Å²) in [5, 5.41) is 14.9. The SMILES string of the molecule is CNC1CCCN(C(=O)c2ccc(N3CCN(C(C)=O)CC3)c([N+](=O)[O-])c2)C1.Cl. The molecule has 1 unspecified atom stereocenters. The molecule has 3 rings (SSSR count). The van der Waals surface area contributed by atoms with Crippen molar-refractivity contribution in [1.82, 2.24) is 15.1 Å². The highest BCUT2D eigenvalue weighted by molar-refractivity contribution is 5.96. The topological polar surface area (TPSA) is 99.0 Å². The number of rotatable bonds is 4. The van der Waals surface area contributed by atoms with Crippen molar-refractivity contribution in [2.24, 2.45) is 0 Å². The van der Waals surface area contributed by atoms with Gasteiger partial charge in [0.2, 0.25) is 5.91 Å². The van der Waals surface area contributed by atoms with Gasteiger partial charge in [-0.05, 0) is 32.0 Å². The predicted octanol–water partition coefficient (Wildman–Crippen LogP) is 1.51. The molecular weight excluding hydrogens is 398 g/mol. The lowest BCUT2D eigenvalue weighted by Crippen LogP contribution is -2.48. The van der Waals surface area contributed by atoms with Crippen LogP contribution in [0.15, 0.2) is 18.2 Å². The zero-order valence-electron chi connectivity index (χ0n) is 16.8. The number of nitrogens with zero attached hydrogens (tertiary/aromatic N) is 4. The van der Waals surface area contributed by atoms with Gasteiger partial charge in [-0.1, -0.05) is 0 Å². The number of hydrogen-bond donors (Lipinski definition) is 1. The summed E-state index contributed by atoms with van der Waals surface area (Å²) in [6, 6.07) is 4.97. The van der Waals surface area contributed by atoms with Gasteiger partial charge >= 0.3 is 0 Å². The summed E-state index contributed by atoms with van der Waals surface area (Å²) in [6.07, 6.45) is 1.93. The standard InChI is InChI=1S/C19H27N5O4.ClH/c1-14(25)21-8-10-22(11-9-21)17-6-5-15(12-18(17)24(27)28)19(26)23-7-3-4-16(13-23)20-2;/h5-6,12,16,20H,3-4,7-11,13H2,1-2H3;1H. The number of carbonyl (C=O) groups is 2. The van der Waals surface area contributed by atoms with Gasteiger partial charge in [-0.25, -0.2) is 0 Å². The Morgan fingerprint density at radius 3 is 2.41 bits per heavy atom. The molecule has 1 aromatic rings. The van der Waals surface area contributed by atoms with Crippen LogP contribution in [0.3, 0.4) is 0 Å². The van der Waals surface area contributed by atoms with Gasteiger partial charge in [0.05, 0.1) is 4.92 Å². The minimum Gasteiger partial charge on any atom is -0.362 e. The average Bonchev–Trinajstić information content (AvgIpc) is 2.72. The summed E-state index contributed by atoms with van der Waals surface area (Å²) in [6.45, 7) is 4.93. The molecule has 0 bridgehead atoms. The van der Waals surface area contributed by atoms with Crippen LogP contribution in [0.25, 0.3) is 0 Å². The van der Waals surface area contributed by atoms with E-state index in [-0.39, 0.29) is 36.0 Å². The summed E-state index contributed by atoms with van der Waals surface area (Å²) in [7, 11) is 1.88. The fraction of sp³-hybridized carbons (Fsp3) is 0.579. The van der Waals surface area contributed by atoms with Gasteiger partial charge in [0.25, 0.3) is 11.6 Å². The van der Waals surface area contributed by atoms with Gasteiger partial charge in [-0.15, -0.1) is 12.4 Å². The second kappa shape index (κ2) is 9.89. The zero-order valence-corrected chi connectivity index (χ0v) is 17.6. The summed E-state index contributed by atoms with van der Waals surface area (Å²) in [4.78, 5) is 41.0. The first-order valence-corrected chi connectivity index (χ1v) is 9.66. The molecular formula is C19H28ClN5O4. The Labute approximate surface area is 176 Å². The molecule has 2 amide bonds. The number of nitrogens with one attached hydrogen (secondary N) is 1. The maximum atomic E-state index is 12.9. The largest absolute Gasteiger partial charge is 0.362 e. The number of nitro benzene ring substituents is 1. The molecule has 10 heteroatoms. The molecule has 1 atom stereocenters. The fourth-order valence-corrected chi connectivity index (χ4v) is 3.91. The summed E-state index contributed by atoms with van der Waals surface area (Å²) in [5.74, 6) is -0.160. The first-order valence-electron chi connectivity index (χ1n) is 9.66. The number of hydrogen-bond acceptors (Lipinski definition) is 6. The van der Waals surface area contributed by atoms with E-state index in [4.69, 9.17) is 0 Å². The van der Waals surface area contributed by atoms with Crippen LogP contribution in [0.1, 0.15) is 30.1 Å². The smallest absolute Gasteiger partial charge is 0.293 e. The predicted molar refractivity (Wildman–Crippen MR) is 113 cm³/mol. The molecule has 0 aliphatic carbocycles. The van der Waals surface area contributed by atoms with Crippen LogP contribution in [0.4, 0.5) is 11.4 Å². The third-order valence-corrected chi connectivity index (χ3v) is 5.60. The van der Waals surface area contributed by atoms with Crippen molar-refractivity contribution in [2.75, 3.05) is 51.2 Å². The minimum absolute atomic E-state index is 0. The lowest BCUT2D eigenvalue weighted by Gasteiger charge is -2.35. The molecule has 2 aliphatic rings. The number of nitro groups is 1. The molecule has 2 heterocycles. The Bertz CT molecular complexity index is 767.